The van der Waals surface area contributed by atoms with Crippen LogP contribution >= 0.6 is 11.8 Å². The number of hydrogen-bond acceptors (Lipinski definition) is 2. The van der Waals surface area contributed by atoms with Crippen LogP contribution in [-0.2, 0) is 4.79 Å². The molecule has 0 radical (unpaired) electrons. The zero-order valence-corrected chi connectivity index (χ0v) is 9.44. The van der Waals surface area contributed by atoms with Crippen molar-refractivity contribution in [2.24, 2.45) is 0 Å². The van der Waals surface area contributed by atoms with Crippen LogP contribution in [0.15, 0.2) is 17.0 Å². The number of aryl methyl sites for hydroxylation is 3. The third-order valence-corrected chi connectivity index (χ3v) is 3.27. The standard InChI is InChI=1S/C11H14O2S/c1-7-4-8(2)11(9(3)5-7)14-6-10(12)13/h4-5H,6H2,1-3H3,(H,12,13). The fourth-order valence-electron chi connectivity index (χ4n) is 1.53. The molecular weight excluding hydrogens is 196 g/mol. The molecule has 0 aliphatic rings. The largest absolute Gasteiger partial charge is 0.481 e. The van der Waals surface area contributed by atoms with Gasteiger partial charge < -0.3 is 5.11 Å². The van der Waals surface area contributed by atoms with Gasteiger partial charge in [0.15, 0.2) is 0 Å². The molecule has 0 saturated carbocycles. The van der Waals surface area contributed by atoms with Gasteiger partial charge in [-0.2, -0.15) is 0 Å². The Hall–Kier alpha value is -0.960. The van der Waals surface area contributed by atoms with Crippen molar-refractivity contribution in [2.75, 3.05) is 5.75 Å². The number of hydrogen-bond donors (Lipinski definition) is 1. The highest BCUT2D eigenvalue weighted by atomic mass is 32.2. The lowest BCUT2D eigenvalue weighted by atomic mass is 10.1. The molecular formula is C11H14O2S. The highest BCUT2D eigenvalue weighted by Crippen LogP contribution is 2.27. The van der Waals surface area contributed by atoms with Crippen LogP contribution in [0.1, 0.15) is 16.7 Å². The molecule has 3 heteroatoms. The van der Waals surface area contributed by atoms with Crippen LogP contribution < -0.4 is 0 Å². The van der Waals surface area contributed by atoms with Crippen LogP contribution in [0.4, 0.5) is 0 Å². The molecule has 0 aliphatic heterocycles. The van der Waals surface area contributed by atoms with E-state index in [1.165, 1.54) is 17.3 Å². The number of carboxylic acids is 1. The molecule has 0 atom stereocenters. The minimum Gasteiger partial charge on any atom is -0.481 e. The molecule has 2 nitrogen and oxygen atoms in total. The maximum atomic E-state index is 10.4. The summed E-state index contributed by atoms with van der Waals surface area (Å²) in [7, 11) is 0. The zero-order valence-electron chi connectivity index (χ0n) is 8.63. The predicted molar refractivity (Wildman–Crippen MR) is 59.0 cm³/mol. The van der Waals surface area contributed by atoms with Crippen LogP contribution in [0.25, 0.3) is 0 Å². The van der Waals surface area contributed by atoms with Gasteiger partial charge in [0.2, 0.25) is 0 Å². The first-order chi connectivity index (χ1) is 6.50. The fraction of sp³-hybridized carbons (Fsp3) is 0.364. The molecule has 76 valence electrons. The summed E-state index contributed by atoms with van der Waals surface area (Å²) in [6.45, 7) is 6.08. The summed E-state index contributed by atoms with van der Waals surface area (Å²) in [6, 6.07) is 4.16. The Morgan fingerprint density at radius 3 is 2.21 bits per heavy atom. The second-order valence-electron chi connectivity index (χ2n) is 3.41. The van der Waals surface area contributed by atoms with E-state index in [1.807, 2.05) is 20.8 Å². The van der Waals surface area contributed by atoms with Crippen molar-refractivity contribution in [1.29, 1.82) is 0 Å². The second-order valence-corrected chi connectivity index (χ2v) is 4.40. The van der Waals surface area contributed by atoms with Gasteiger partial charge in [0, 0.05) is 4.90 Å². The summed E-state index contributed by atoms with van der Waals surface area (Å²) in [6.07, 6.45) is 0. The average Bonchev–Trinajstić information content (AvgIpc) is 2.01. The molecule has 0 saturated heterocycles. The summed E-state index contributed by atoms with van der Waals surface area (Å²) in [5, 5.41) is 8.59. The fourth-order valence-corrected chi connectivity index (χ4v) is 2.37. The molecule has 1 aromatic rings. The maximum Gasteiger partial charge on any atom is 0.313 e. The van der Waals surface area contributed by atoms with E-state index in [2.05, 4.69) is 12.1 Å². The van der Waals surface area contributed by atoms with Crippen molar-refractivity contribution in [3.05, 3.63) is 28.8 Å². The minimum atomic E-state index is -0.769. The molecule has 14 heavy (non-hydrogen) atoms. The molecule has 0 fully saturated rings. The Balaban J connectivity index is 2.91. The third kappa shape index (κ3) is 2.77. The first-order valence-electron chi connectivity index (χ1n) is 4.43. The lowest BCUT2D eigenvalue weighted by Gasteiger charge is -2.09. The van der Waals surface area contributed by atoms with Crippen molar-refractivity contribution in [3.63, 3.8) is 0 Å². The molecule has 0 spiro atoms. The smallest absolute Gasteiger partial charge is 0.313 e. The minimum absolute atomic E-state index is 0.130. The Bertz CT molecular complexity index is 335. The summed E-state index contributed by atoms with van der Waals surface area (Å²) in [5.41, 5.74) is 3.54. The van der Waals surface area contributed by atoms with E-state index in [9.17, 15) is 4.79 Å². The first kappa shape index (κ1) is 11.1. The van der Waals surface area contributed by atoms with Crippen molar-refractivity contribution < 1.29 is 9.90 Å². The normalized spacial score (nSPS) is 10.2. The number of benzene rings is 1. The Kier molecular flexibility index (Phi) is 3.58. The van der Waals surface area contributed by atoms with Crippen LogP contribution in [-0.4, -0.2) is 16.8 Å². The van der Waals surface area contributed by atoms with E-state index in [-0.39, 0.29) is 5.75 Å². The lowest BCUT2D eigenvalue weighted by Crippen LogP contribution is -1.99. The molecule has 1 rings (SSSR count). The van der Waals surface area contributed by atoms with Crippen LogP contribution in [0.2, 0.25) is 0 Å². The number of rotatable bonds is 3. The number of carboxylic acid groups (broad SMARTS) is 1. The molecule has 0 heterocycles. The summed E-state index contributed by atoms with van der Waals surface area (Å²) < 4.78 is 0. The summed E-state index contributed by atoms with van der Waals surface area (Å²) in [4.78, 5) is 11.5. The Morgan fingerprint density at radius 1 is 1.29 bits per heavy atom. The molecule has 0 bridgehead atoms. The first-order valence-corrected chi connectivity index (χ1v) is 5.41. The SMILES string of the molecule is Cc1cc(C)c(SCC(=O)O)c(C)c1. The van der Waals surface area contributed by atoms with Crippen LogP contribution in [0, 0.1) is 20.8 Å². The number of aliphatic carboxylic acids is 1. The number of carbonyl (C=O) groups is 1. The van der Waals surface area contributed by atoms with E-state index < -0.39 is 5.97 Å². The van der Waals surface area contributed by atoms with Gasteiger partial charge in [-0.1, -0.05) is 17.7 Å². The average molecular weight is 210 g/mol. The van der Waals surface area contributed by atoms with Gasteiger partial charge in [0.25, 0.3) is 0 Å². The third-order valence-electron chi connectivity index (χ3n) is 1.94. The summed E-state index contributed by atoms with van der Waals surface area (Å²) in [5.74, 6) is -0.639. The lowest BCUT2D eigenvalue weighted by molar-refractivity contribution is -0.133. The van der Waals surface area contributed by atoms with Crippen molar-refractivity contribution >= 4 is 17.7 Å². The van der Waals surface area contributed by atoms with Gasteiger partial charge in [-0.05, 0) is 31.9 Å². The van der Waals surface area contributed by atoms with Gasteiger partial charge >= 0.3 is 5.97 Å². The van der Waals surface area contributed by atoms with Gasteiger partial charge in [-0.15, -0.1) is 11.8 Å². The predicted octanol–water partition coefficient (Wildman–Crippen LogP) is 2.79. The highest BCUT2D eigenvalue weighted by Gasteiger charge is 2.06. The van der Waals surface area contributed by atoms with Crippen molar-refractivity contribution in [3.8, 4) is 0 Å². The molecule has 0 amide bonds. The van der Waals surface area contributed by atoms with Gasteiger partial charge in [-0.25, -0.2) is 0 Å². The number of thioether (sulfide) groups is 1. The van der Waals surface area contributed by atoms with Crippen LogP contribution in [0.5, 0.6) is 0 Å². The Labute approximate surface area is 88.3 Å². The van der Waals surface area contributed by atoms with E-state index >= 15 is 0 Å². The van der Waals surface area contributed by atoms with E-state index in [1.54, 1.807) is 0 Å². The molecule has 0 aromatic heterocycles. The van der Waals surface area contributed by atoms with E-state index in [0.717, 1.165) is 16.0 Å². The van der Waals surface area contributed by atoms with E-state index in [0.29, 0.717) is 0 Å². The van der Waals surface area contributed by atoms with Gasteiger partial charge in [0.05, 0.1) is 5.75 Å². The molecule has 0 aliphatic carbocycles. The van der Waals surface area contributed by atoms with Gasteiger partial charge in [0.1, 0.15) is 0 Å². The molecule has 1 aromatic carbocycles. The van der Waals surface area contributed by atoms with E-state index in [4.69, 9.17) is 5.11 Å². The molecule has 1 N–H and O–H groups in total. The van der Waals surface area contributed by atoms with Crippen molar-refractivity contribution in [2.45, 2.75) is 25.7 Å². The maximum absolute atomic E-state index is 10.4. The topological polar surface area (TPSA) is 37.3 Å². The molecule has 0 unspecified atom stereocenters. The van der Waals surface area contributed by atoms with Crippen LogP contribution in [0.3, 0.4) is 0 Å². The quantitative estimate of drug-likeness (QED) is 0.779. The van der Waals surface area contributed by atoms with Gasteiger partial charge in [-0.3, -0.25) is 4.79 Å². The van der Waals surface area contributed by atoms with Crippen molar-refractivity contribution in [1.82, 2.24) is 0 Å². The highest BCUT2D eigenvalue weighted by molar-refractivity contribution is 8.00. The Morgan fingerprint density at radius 2 is 1.79 bits per heavy atom. The monoisotopic (exact) mass is 210 g/mol. The second kappa shape index (κ2) is 4.51. The summed E-state index contributed by atoms with van der Waals surface area (Å²) >= 11 is 1.39. The zero-order chi connectivity index (χ0) is 10.7.